The molecular formula is C27H21NO5. The normalized spacial score (nSPS) is 10.3. The van der Waals surface area contributed by atoms with Gasteiger partial charge in [-0.05, 0) is 41.5 Å². The van der Waals surface area contributed by atoms with Gasteiger partial charge in [0.05, 0.1) is 11.1 Å². The summed E-state index contributed by atoms with van der Waals surface area (Å²) in [6.45, 7) is 0.410. The number of aromatic nitrogens is 1. The number of nitrogens with zero attached hydrogens (tertiary/aromatic N) is 1. The van der Waals surface area contributed by atoms with Gasteiger partial charge in [-0.15, -0.1) is 0 Å². The van der Waals surface area contributed by atoms with Crippen LogP contribution in [-0.2, 0) is 18.0 Å². The first-order valence-electron chi connectivity index (χ1n) is 10.3. The van der Waals surface area contributed by atoms with E-state index in [0.717, 1.165) is 11.1 Å². The van der Waals surface area contributed by atoms with Crippen molar-refractivity contribution in [3.8, 4) is 11.5 Å². The van der Waals surface area contributed by atoms with Crippen molar-refractivity contribution in [3.63, 3.8) is 0 Å². The summed E-state index contributed by atoms with van der Waals surface area (Å²) in [6, 6.07) is 26.8. The van der Waals surface area contributed by atoms with E-state index in [0.29, 0.717) is 5.75 Å². The highest BCUT2D eigenvalue weighted by Crippen LogP contribution is 2.30. The zero-order chi connectivity index (χ0) is 22.9. The van der Waals surface area contributed by atoms with Crippen molar-refractivity contribution in [1.82, 2.24) is 4.98 Å². The first-order chi connectivity index (χ1) is 16.2. The molecule has 0 unspecified atom stereocenters. The van der Waals surface area contributed by atoms with Gasteiger partial charge in [0.2, 0.25) is 0 Å². The van der Waals surface area contributed by atoms with E-state index in [1.165, 1.54) is 12.3 Å². The number of carbonyl (C=O) groups excluding carboxylic acids is 2. The lowest BCUT2D eigenvalue weighted by atomic mass is 10.2. The van der Waals surface area contributed by atoms with Gasteiger partial charge in [0.1, 0.15) is 13.2 Å². The highest BCUT2D eigenvalue weighted by atomic mass is 16.6. The molecule has 0 atom stereocenters. The Morgan fingerprint density at radius 1 is 0.667 bits per heavy atom. The summed E-state index contributed by atoms with van der Waals surface area (Å²) in [5.41, 5.74) is 2.35. The Labute approximate surface area is 191 Å². The maximum atomic E-state index is 12.6. The molecule has 0 bridgehead atoms. The van der Waals surface area contributed by atoms with Crippen LogP contribution in [0.15, 0.2) is 103 Å². The largest absolute Gasteiger partial charge is 0.485 e. The van der Waals surface area contributed by atoms with Gasteiger partial charge in [0, 0.05) is 12.4 Å². The molecule has 0 aliphatic rings. The van der Waals surface area contributed by atoms with Crippen LogP contribution < -0.4 is 9.47 Å². The van der Waals surface area contributed by atoms with Crippen LogP contribution >= 0.6 is 0 Å². The molecule has 6 nitrogen and oxygen atoms in total. The third-order valence-electron chi connectivity index (χ3n) is 4.73. The molecule has 33 heavy (non-hydrogen) atoms. The van der Waals surface area contributed by atoms with Gasteiger partial charge < -0.3 is 14.2 Å². The number of carbonyl (C=O) groups is 2. The Kier molecular flexibility index (Phi) is 7.08. The highest BCUT2D eigenvalue weighted by Gasteiger charge is 2.17. The molecule has 0 spiro atoms. The first kappa shape index (κ1) is 21.8. The monoisotopic (exact) mass is 439 g/mol. The van der Waals surface area contributed by atoms with Crippen LogP contribution in [0.2, 0.25) is 0 Å². The maximum absolute atomic E-state index is 12.6. The number of esters is 2. The van der Waals surface area contributed by atoms with Gasteiger partial charge in [-0.25, -0.2) is 9.59 Å². The lowest BCUT2D eigenvalue weighted by Gasteiger charge is -2.13. The van der Waals surface area contributed by atoms with Gasteiger partial charge in [-0.2, -0.15) is 0 Å². The van der Waals surface area contributed by atoms with Crippen molar-refractivity contribution in [2.45, 2.75) is 13.2 Å². The molecule has 4 rings (SSSR count). The van der Waals surface area contributed by atoms with E-state index in [1.54, 1.807) is 30.5 Å². The van der Waals surface area contributed by atoms with Gasteiger partial charge in [-0.3, -0.25) is 4.98 Å². The Morgan fingerprint density at radius 2 is 1.36 bits per heavy atom. The standard InChI is InChI=1S/C27H21NO5/c29-26(32-19-21-10-5-2-6-11-21)22-13-14-24(31-18-20-8-3-1-4-9-20)25(16-22)33-27(30)23-12-7-15-28-17-23/h1-17H,18-19H2. The minimum Gasteiger partial charge on any atom is -0.485 e. The van der Waals surface area contributed by atoms with Crippen LogP contribution in [0.25, 0.3) is 0 Å². The predicted octanol–water partition coefficient (Wildman–Crippen LogP) is 5.24. The summed E-state index contributed by atoms with van der Waals surface area (Å²) >= 11 is 0. The molecule has 1 heterocycles. The molecule has 1 aromatic heterocycles. The van der Waals surface area contributed by atoms with E-state index in [4.69, 9.17) is 14.2 Å². The van der Waals surface area contributed by atoms with E-state index in [-0.39, 0.29) is 30.1 Å². The molecule has 3 aromatic carbocycles. The maximum Gasteiger partial charge on any atom is 0.345 e. The fourth-order valence-corrected chi connectivity index (χ4v) is 3.02. The molecule has 0 saturated heterocycles. The molecule has 0 saturated carbocycles. The summed E-state index contributed by atoms with van der Waals surface area (Å²) in [5.74, 6) is -0.695. The molecule has 6 heteroatoms. The smallest absolute Gasteiger partial charge is 0.345 e. The van der Waals surface area contributed by atoms with Crippen molar-refractivity contribution in [2.75, 3.05) is 0 Å². The zero-order valence-corrected chi connectivity index (χ0v) is 17.7. The molecule has 4 aromatic rings. The van der Waals surface area contributed by atoms with Crippen LogP contribution in [-0.4, -0.2) is 16.9 Å². The number of pyridine rings is 1. The van der Waals surface area contributed by atoms with Crippen LogP contribution in [0, 0.1) is 0 Å². The molecular weight excluding hydrogens is 418 g/mol. The van der Waals surface area contributed by atoms with E-state index in [9.17, 15) is 9.59 Å². The van der Waals surface area contributed by atoms with E-state index in [1.807, 2.05) is 60.7 Å². The van der Waals surface area contributed by atoms with Gasteiger partial charge in [-0.1, -0.05) is 60.7 Å². The summed E-state index contributed by atoms with van der Waals surface area (Å²) in [4.78, 5) is 29.1. The highest BCUT2D eigenvalue weighted by molar-refractivity contribution is 5.93. The zero-order valence-electron chi connectivity index (χ0n) is 17.7. The Morgan fingerprint density at radius 3 is 2.03 bits per heavy atom. The van der Waals surface area contributed by atoms with Gasteiger partial charge in [0.25, 0.3) is 0 Å². The molecule has 0 amide bonds. The Bertz CT molecular complexity index is 1210. The van der Waals surface area contributed by atoms with Gasteiger partial charge >= 0.3 is 11.9 Å². The van der Waals surface area contributed by atoms with Crippen LogP contribution in [0.5, 0.6) is 11.5 Å². The molecule has 0 radical (unpaired) electrons. The Hall–Kier alpha value is -4.45. The quantitative estimate of drug-likeness (QED) is 0.276. The van der Waals surface area contributed by atoms with Crippen LogP contribution in [0.4, 0.5) is 0 Å². The number of rotatable bonds is 8. The summed E-state index contributed by atoms with van der Waals surface area (Å²) in [5, 5.41) is 0. The number of benzene rings is 3. The van der Waals surface area contributed by atoms with Crippen LogP contribution in [0.3, 0.4) is 0 Å². The second-order valence-corrected chi connectivity index (χ2v) is 7.13. The van der Waals surface area contributed by atoms with E-state index < -0.39 is 11.9 Å². The fourth-order valence-electron chi connectivity index (χ4n) is 3.02. The van der Waals surface area contributed by atoms with E-state index in [2.05, 4.69) is 4.98 Å². The number of hydrogen-bond acceptors (Lipinski definition) is 6. The molecule has 0 N–H and O–H groups in total. The van der Waals surface area contributed by atoms with Crippen LogP contribution in [0.1, 0.15) is 31.8 Å². The summed E-state index contributed by atoms with van der Waals surface area (Å²) in [6.07, 6.45) is 2.97. The second-order valence-electron chi connectivity index (χ2n) is 7.13. The first-order valence-corrected chi connectivity index (χ1v) is 10.3. The third kappa shape index (κ3) is 6.04. The van der Waals surface area contributed by atoms with Crippen molar-refractivity contribution < 1.29 is 23.8 Å². The fraction of sp³-hybridized carbons (Fsp3) is 0.0741. The average molecular weight is 439 g/mol. The van der Waals surface area contributed by atoms with Crippen molar-refractivity contribution in [3.05, 3.63) is 126 Å². The predicted molar refractivity (Wildman–Crippen MR) is 122 cm³/mol. The van der Waals surface area contributed by atoms with Crippen molar-refractivity contribution in [1.29, 1.82) is 0 Å². The number of ether oxygens (including phenoxy) is 3. The summed E-state index contributed by atoms with van der Waals surface area (Å²) in [7, 11) is 0. The SMILES string of the molecule is O=C(OCc1ccccc1)c1ccc(OCc2ccccc2)c(OC(=O)c2cccnc2)c1. The Balaban J connectivity index is 1.53. The molecule has 0 aliphatic carbocycles. The minimum atomic E-state index is -0.609. The molecule has 0 aliphatic heterocycles. The summed E-state index contributed by atoms with van der Waals surface area (Å²) < 4.78 is 16.8. The molecule has 164 valence electrons. The van der Waals surface area contributed by atoms with E-state index >= 15 is 0 Å². The molecule has 0 fully saturated rings. The van der Waals surface area contributed by atoms with Crippen molar-refractivity contribution >= 4 is 11.9 Å². The third-order valence-corrected chi connectivity index (χ3v) is 4.73. The second kappa shape index (κ2) is 10.7. The topological polar surface area (TPSA) is 74.7 Å². The van der Waals surface area contributed by atoms with Gasteiger partial charge in [0.15, 0.2) is 11.5 Å². The minimum absolute atomic E-state index is 0.119. The van der Waals surface area contributed by atoms with Crippen molar-refractivity contribution in [2.24, 2.45) is 0 Å². The average Bonchev–Trinajstić information content (AvgIpc) is 2.88. The lowest BCUT2D eigenvalue weighted by Crippen LogP contribution is -2.11. The number of hydrogen-bond donors (Lipinski definition) is 0. The lowest BCUT2D eigenvalue weighted by molar-refractivity contribution is 0.0470.